The first kappa shape index (κ1) is 16.7. The van der Waals surface area contributed by atoms with Crippen molar-refractivity contribution in [2.45, 2.75) is 42.7 Å². The molecule has 2 aliphatic heterocycles. The minimum atomic E-state index is -3.56. The fraction of sp³-hybridized carbons (Fsp3) is 0.421. The maximum Gasteiger partial charge on any atom is 0.285 e. The molecule has 1 aliphatic carbocycles. The van der Waals surface area contributed by atoms with Gasteiger partial charge in [-0.15, -0.1) is 4.40 Å². The van der Waals surface area contributed by atoms with E-state index >= 15 is 0 Å². The van der Waals surface area contributed by atoms with Gasteiger partial charge in [0.25, 0.3) is 10.0 Å². The molecule has 1 saturated carbocycles. The van der Waals surface area contributed by atoms with Crippen LogP contribution in [0.5, 0.6) is 0 Å². The molecule has 7 nitrogen and oxygen atoms in total. The first-order valence-electron chi connectivity index (χ1n) is 9.37. The molecule has 0 N–H and O–H groups in total. The number of nitrogens with zero attached hydrogens (tertiary/aromatic N) is 5. The molecule has 5 rings (SSSR count). The lowest BCUT2D eigenvalue weighted by atomic mass is 10.0. The van der Waals surface area contributed by atoms with Crippen molar-refractivity contribution in [3.63, 3.8) is 0 Å². The average Bonchev–Trinajstić information content (AvgIpc) is 3.49. The summed E-state index contributed by atoms with van der Waals surface area (Å²) in [7, 11) is -3.56. The second-order valence-electron chi connectivity index (χ2n) is 7.31. The molecule has 0 bridgehead atoms. The molecule has 0 amide bonds. The van der Waals surface area contributed by atoms with E-state index in [1.54, 1.807) is 24.7 Å². The number of likely N-dealkylation sites (tertiary alicyclic amines) is 1. The Kier molecular flexibility index (Phi) is 3.89. The summed E-state index contributed by atoms with van der Waals surface area (Å²) in [6.45, 7) is 1.59. The molecule has 3 aliphatic rings. The first-order chi connectivity index (χ1) is 13.1. The van der Waals surface area contributed by atoms with Gasteiger partial charge in [-0.1, -0.05) is 12.1 Å². The summed E-state index contributed by atoms with van der Waals surface area (Å²) in [5.74, 6) is 1.60. The van der Waals surface area contributed by atoms with Crippen LogP contribution in [0.4, 0.5) is 5.82 Å². The van der Waals surface area contributed by atoms with Crippen molar-refractivity contribution in [3.05, 3.63) is 48.4 Å². The van der Waals surface area contributed by atoms with Crippen molar-refractivity contribution >= 4 is 21.7 Å². The molecular formula is C19H21N5O2S. The van der Waals surface area contributed by atoms with Gasteiger partial charge < -0.3 is 9.80 Å². The van der Waals surface area contributed by atoms with Gasteiger partial charge in [0.2, 0.25) is 0 Å². The largest absolute Gasteiger partial charge is 0.355 e. The molecular weight excluding hydrogens is 362 g/mol. The lowest BCUT2D eigenvalue weighted by molar-refractivity contribution is 0.302. The number of benzene rings is 1. The van der Waals surface area contributed by atoms with Crippen LogP contribution < -0.4 is 4.90 Å². The van der Waals surface area contributed by atoms with E-state index in [4.69, 9.17) is 0 Å². The van der Waals surface area contributed by atoms with E-state index in [-0.39, 0.29) is 0 Å². The van der Waals surface area contributed by atoms with Gasteiger partial charge in [0.1, 0.15) is 17.0 Å². The Morgan fingerprint density at radius 3 is 2.44 bits per heavy atom. The summed E-state index contributed by atoms with van der Waals surface area (Å²) < 4.78 is 28.7. The smallest absolute Gasteiger partial charge is 0.285 e. The molecule has 2 fully saturated rings. The van der Waals surface area contributed by atoms with Gasteiger partial charge in [-0.05, 0) is 43.9 Å². The highest BCUT2D eigenvalue weighted by Crippen LogP contribution is 2.36. The number of fused-ring (bicyclic) bond motifs is 1. The molecule has 27 heavy (non-hydrogen) atoms. The normalized spacial score (nSPS) is 21.6. The topological polar surface area (TPSA) is 78.8 Å². The van der Waals surface area contributed by atoms with Crippen LogP contribution in [-0.4, -0.2) is 54.3 Å². The highest BCUT2D eigenvalue weighted by atomic mass is 32.2. The first-order valence-corrected chi connectivity index (χ1v) is 10.8. The summed E-state index contributed by atoms with van der Waals surface area (Å²) in [6.07, 6.45) is 7.74. The van der Waals surface area contributed by atoms with E-state index in [1.807, 2.05) is 18.2 Å². The monoisotopic (exact) mass is 383 g/mol. The van der Waals surface area contributed by atoms with Crippen molar-refractivity contribution in [2.75, 3.05) is 18.0 Å². The molecule has 1 saturated heterocycles. The second kappa shape index (κ2) is 6.30. The quantitative estimate of drug-likeness (QED) is 0.807. The third kappa shape index (κ3) is 2.97. The van der Waals surface area contributed by atoms with Crippen molar-refractivity contribution in [1.29, 1.82) is 0 Å². The molecule has 0 unspecified atom stereocenters. The van der Waals surface area contributed by atoms with Gasteiger partial charge in [0.05, 0.1) is 0 Å². The fourth-order valence-electron chi connectivity index (χ4n) is 4.13. The lowest BCUT2D eigenvalue weighted by Crippen LogP contribution is -2.48. The number of rotatable bonds is 3. The zero-order valence-corrected chi connectivity index (χ0v) is 15.7. The van der Waals surface area contributed by atoms with Gasteiger partial charge in [-0.25, -0.2) is 9.97 Å². The molecule has 140 valence electrons. The molecule has 2 aromatic rings. The Bertz CT molecular complexity index is 980. The zero-order chi connectivity index (χ0) is 18.4. The van der Waals surface area contributed by atoms with Gasteiger partial charge >= 0.3 is 0 Å². The molecule has 1 aromatic heterocycles. The number of amidine groups is 1. The third-order valence-corrected chi connectivity index (χ3v) is 6.87. The summed E-state index contributed by atoms with van der Waals surface area (Å²) >= 11 is 0. The van der Waals surface area contributed by atoms with Crippen LogP contribution in [0.2, 0.25) is 0 Å². The highest BCUT2D eigenvalue weighted by molar-refractivity contribution is 7.90. The standard InChI is InChI=1S/C19H21N5O2S/c25-27(26)17-4-2-1-3-16(17)19(22-27)23-11-8-15(9-12-23)24(14-5-6-14)18-7-10-20-13-21-18/h1-4,7,10,13-15H,5-6,8-9,11-12H2. The van der Waals surface area contributed by atoms with Gasteiger partial charge in [0, 0.05) is 36.9 Å². The van der Waals surface area contributed by atoms with Crippen molar-refractivity contribution in [3.8, 4) is 0 Å². The van der Waals surface area contributed by atoms with Crippen LogP contribution in [0.3, 0.4) is 0 Å². The van der Waals surface area contributed by atoms with Crippen LogP contribution in [0.15, 0.2) is 52.1 Å². The van der Waals surface area contributed by atoms with E-state index in [1.165, 1.54) is 12.8 Å². The summed E-state index contributed by atoms with van der Waals surface area (Å²) in [5, 5.41) is 0. The Balaban J connectivity index is 1.35. The van der Waals surface area contributed by atoms with Crippen LogP contribution in [0.25, 0.3) is 0 Å². The van der Waals surface area contributed by atoms with Crippen LogP contribution in [0.1, 0.15) is 31.2 Å². The Labute approximate surface area is 158 Å². The minimum Gasteiger partial charge on any atom is -0.355 e. The Hall–Kier alpha value is -2.48. The van der Waals surface area contributed by atoms with E-state index in [9.17, 15) is 8.42 Å². The Morgan fingerprint density at radius 2 is 1.74 bits per heavy atom. The van der Waals surface area contributed by atoms with Gasteiger partial charge in [-0.2, -0.15) is 8.42 Å². The summed E-state index contributed by atoms with van der Waals surface area (Å²) in [4.78, 5) is 13.4. The number of aromatic nitrogens is 2. The summed E-state index contributed by atoms with van der Waals surface area (Å²) in [5.41, 5.74) is 0.728. The SMILES string of the molecule is O=S1(=O)N=C(N2CCC(N(c3ccncn3)C3CC3)CC2)c2ccccc21. The maximum atomic E-state index is 12.3. The number of anilines is 1. The fourth-order valence-corrected chi connectivity index (χ4v) is 5.36. The lowest BCUT2D eigenvalue weighted by Gasteiger charge is -2.40. The predicted octanol–water partition coefficient (Wildman–Crippen LogP) is 2.06. The van der Waals surface area contributed by atoms with Crippen LogP contribution >= 0.6 is 0 Å². The van der Waals surface area contributed by atoms with Crippen molar-refractivity contribution in [1.82, 2.24) is 14.9 Å². The molecule has 0 atom stereocenters. The zero-order valence-electron chi connectivity index (χ0n) is 14.9. The molecule has 8 heteroatoms. The molecule has 0 spiro atoms. The molecule has 0 radical (unpaired) electrons. The molecule has 1 aromatic carbocycles. The van der Waals surface area contributed by atoms with E-state index in [0.29, 0.717) is 22.8 Å². The van der Waals surface area contributed by atoms with Gasteiger partial charge in [0.15, 0.2) is 5.84 Å². The predicted molar refractivity (Wildman–Crippen MR) is 102 cm³/mol. The number of hydrogen-bond acceptors (Lipinski definition) is 6. The summed E-state index contributed by atoms with van der Waals surface area (Å²) in [6, 6.07) is 10.1. The van der Waals surface area contributed by atoms with Gasteiger partial charge in [-0.3, -0.25) is 0 Å². The van der Waals surface area contributed by atoms with Crippen LogP contribution in [0, 0.1) is 0 Å². The van der Waals surface area contributed by atoms with Crippen LogP contribution in [-0.2, 0) is 10.0 Å². The number of piperidine rings is 1. The number of hydrogen-bond donors (Lipinski definition) is 0. The van der Waals surface area contributed by atoms with E-state index in [0.717, 1.165) is 37.3 Å². The third-order valence-electron chi connectivity index (χ3n) is 5.54. The molecule has 3 heterocycles. The maximum absolute atomic E-state index is 12.3. The number of sulfonamides is 1. The van der Waals surface area contributed by atoms with E-state index in [2.05, 4.69) is 24.2 Å². The van der Waals surface area contributed by atoms with Crippen molar-refractivity contribution < 1.29 is 8.42 Å². The Morgan fingerprint density at radius 1 is 1.00 bits per heavy atom. The van der Waals surface area contributed by atoms with E-state index < -0.39 is 10.0 Å². The minimum absolute atomic E-state index is 0.322. The average molecular weight is 383 g/mol. The van der Waals surface area contributed by atoms with Crippen molar-refractivity contribution in [2.24, 2.45) is 4.40 Å². The second-order valence-corrected chi connectivity index (χ2v) is 8.88. The highest BCUT2D eigenvalue weighted by Gasteiger charge is 2.38.